The number of benzene rings is 2. The van der Waals surface area contributed by atoms with Gasteiger partial charge in [0.25, 0.3) is 5.97 Å². The number of ether oxygens (including phenoxy) is 1. The number of carboxylic acids is 1. The molecule has 0 spiro atoms. The highest BCUT2D eigenvalue weighted by Crippen LogP contribution is 2.35. The lowest BCUT2D eigenvalue weighted by Crippen LogP contribution is -2.56. The molecule has 0 aliphatic carbocycles. The van der Waals surface area contributed by atoms with Crippen LogP contribution in [-0.2, 0) is 30.8 Å². The molecule has 260 valence electrons. The maximum atomic E-state index is 14.3. The van der Waals surface area contributed by atoms with Crippen LogP contribution in [0.15, 0.2) is 41.3 Å². The second-order valence-corrected chi connectivity index (χ2v) is 14.2. The Kier molecular flexibility index (Phi) is 14.4. The minimum Gasteiger partial charge on any atom is -0.481 e. The lowest BCUT2D eigenvalue weighted by atomic mass is 9.89. The quantitative estimate of drug-likeness (QED) is 0.197. The van der Waals surface area contributed by atoms with Crippen LogP contribution in [0, 0.1) is 5.41 Å². The molecule has 0 aromatic heterocycles. The molecule has 47 heavy (non-hydrogen) atoms. The summed E-state index contributed by atoms with van der Waals surface area (Å²) >= 11 is 0. The lowest BCUT2D eigenvalue weighted by molar-refractivity contribution is -0.135. The van der Waals surface area contributed by atoms with Gasteiger partial charge in [0.2, 0.25) is 15.9 Å². The van der Waals surface area contributed by atoms with Crippen molar-refractivity contribution in [2.75, 3.05) is 32.8 Å². The molecule has 1 heterocycles. The highest BCUT2D eigenvalue weighted by Gasteiger charge is 2.35. The Morgan fingerprint density at radius 1 is 0.936 bits per heavy atom. The van der Waals surface area contributed by atoms with Gasteiger partial charge in [0.1, 0.15) is 11.9 Å². The predicted molar refractivity (Wildman–Crippen MR) is 182 cm³/mol. The van der Waals surface area contributed by atoms with E-state index in [0.29, 0.717) is 11.1 Å². The van der Waals surface area contributed by atoms with Crippen molar-refractivity contribution < 1.29 is 32.6 Å². The molecule has 0 saturated carbocycles. The van der Waals surface area contributed by atoms with Crippen molar-refractivity contribution in [3.63, 3.8) is 0 Å². The van der Waals surface area contributed by atoms with Crippen LogP contribution in [0.4, 0.5) is 4.79 Å². The number of nitrogens with one attached hydrogen (secondary N) is 2. The SMILES string of the molecule is CC(=O)O.CCOC(=O)N1CCN(C(=O)[C@H](Cc2cccc(C(=N)N)c2)NS(=O)(=O)c2c(C(C)C)cc(C(C)C)cc2C(C)C)CC1. The maximum absolute atomic E-state index is 14.3. The largest absolute Gasteiger partial charge is 0.481 e. The summed E-state index contributed by atoms with van der Waals surface area (Å²) in [6.07, 6.45) is -0.366. The Morgan fingerprint density at radius 3 is 1.89 bits per heavy atom. The van der Waals surface area contributed by atoms with E-state index < -0.39 is 28.1 Å². The van der Waals surface area contributed by atoms with E-state index in [1.807, 2.05) is 39.8 Å². The zero-order valence-corrected chi connectivity index (χ0v) is 29.6. The number of hydrogen-bond donors (Lipinski definition) is 4. The second kappa shape index (κ2) is 17.3. The molecule has 1 aliphatic rings. The number of piperazine rings is 1. The molecule has 1 fully saturated rings. The van der Waals surface area contributed by atoms with E-state index in [4.69, 9.17) is 25.8 Å². The molecule has 12 nitrogen and oxygen atoms in total. The summed E-state index contributed by atoms with van der Waals surface area (Å²) in [6.45, 7) is 16.2. The van der Waals surface area contributed by atoms with Gasteiger partial charge in [0, 0.05) is 38.7 Å². The molecule has 3 rings (SSSR count). The smallest absolute Gasteiger partial charge is 0.409 e. The van der Waals surface area contributed by atoms with Crippen molar-refractivity contribution in [3.05, 3.63) is 64.2 Å². The fraction of sp³-hybridized carbons (Fsp3) is 0.529. The Morgan fingerprint density at radius 2 is 1.45 bits per heavy atom. The van der Waals surface area contributed by atoms with Gasteiger partial charge in [0.15, 0.2) is 0 Å². The standard InChI is InChI=1S/C32H47N5O5S.C2H4O2/c1-8-42-32(39)37-14-12-36(13-15-37)31(38)28(17-23-10-9-11-24(16-23)30(33)34)35-43(40,41)29-26(21(4)5)18-25(20(2)3)19-27(29)22(6)7;1-2(3)4/h9-11,16,18-22,28,35H,8,12-15,17H2,1-7H3,(H3,33,34);1H3,(H,3,4)/t28-;/m0./s1. The first kappa shape index (κ1) is 39.2. The molecule has 0 radical (unpaired) electrons. The summed E-state index contributed by atoms with van der Waals surface area (Å²) in [6, 6.07) is 9.74. The first-order valence-electron chi connectivity index (χ1n) is 15.9. The molecule has 1 saturated heterocycles. The van der Waals surface area contributed by atoms with Crippen LogP contribution in [-0.4, -0.2) is 86.0 Å². The maximum Gasteiger partial charge on any atom is 0.409 e. The van der Waals surface area contributed by atoms with Crippen molar-refractivity contribution in [1.29, 1.82) is 5.41 Å². The first-order chi connectivity index (χ1) is 21.9. The summed E-state index contributed by atoms with van der Waals surface area (Å²) < 4.78 is 36.6. The number of amidine groups is 1. The highest BCUT2D eigenvalue weighted by molar-refractivity contribution is 7.89. The van der Waals surface area contributed by atoms with Crippen LogP contribution in [0.3, 0.4) is 0 Å². The van der Waals surface area contributed by atoms with Gasteiger partial charge in [-0.1, -0.05) is 71.9 Å². The molecule has 1 aliphatic heterocycles. The zero-order chi connectivity index (χ0) is 35.6. The van der Waals surface area contributed by atoms with E-state index >= 15 is 0 Å². The Bertz CT molecular complexity index is 1500. The third kappa shape index (κ3) is 11.1. The van der Waals surface area contributed by atoms with Crippen LogP contribution >= 0.6 is 0 Å². The van der Waals surface area contributed by atoms with E-state index in [9.17, 15) is 18.0 Å². The van der Waals surface area contributed by atoms with Crippen LogP contribution in [0.1, 0.15) is 101 Å². The number of aliphatic carboxylic acids is 1. The molecule has 13 heteroatoms. The number of carbonyl (C=O) groups is 3. The van der Waals surface area contributed by atoms with Crippen LogP contribution in [0.2, 0.25) is 0 Å². The van der Waals surface area contributed by atoms with Gasteiger partial charge in [-0.25, -0.2) is 13.2 Å². The molecule has 2 amide bonds. The molecule has 2 aromatic carbocycles. The number of carbonyl (C=O) groups excluding carboxylic acids is 2. The number of nitrogen functional groups attached to an aromatic ring is 1. The van der Waals surface area contributed by atoms with E-state index in [2.05, 4.69) is 18.6 Å². The minimum absolute atomic E-state index is 0.0649. The first-order valence-corrected chi connectivity index (χ1v) is 17.4. The summed E-state index contributed by atoms with van der Waals surface area (Å²) in [5.74, 6) is -1.25. The summed E-state index contributed by atoms with van der Waals surface area (Å²) in [7, 11) is -4.16. The average molecular weight is 674 g/mol. The van der Waals surface area contributed by atoms with Gasteiger partial charge >= 0.3 is 6.09 Å². The number of carboxylic acid groups (broad SMARTS) is 1. The number of nitrogens with zero attached hydrogens (tertiary/aromatic N) is 2. The minimum atomic E-state index is -4.16. The number of nitrogens with two attached hydrogens (primary N) is 1. The molecular weight excluding hydrogens is 622 g/mol. The van der Waals surface area contributed by atoms with E-state index in [1.165, 1.54) is 0 Å². The van der Waals surface area contributed by atoms with Gasteiger partial charge < -0.3 is 25.4 Å². The van der Waals surface area contributed by atoms with Gasteiger partial charge in [-0.15, -0.1) is 0 Å². The van der Waals surface area contributed by atoms with Crippen molar-refractivity contribution >= 4 is 33.8 Å². The monoisotopic (exact) mass is 673 g/mol. The molecular formula is C34H51N5O7S. The van der Waals surface area contributed by atoms with Crippen LogP contribution in [0.5, 0.6) is 0 Å². The zero-order valence-electron chi connectivity index (χ0n) is 28.8. The van der Waals surface area contributed by atoms with Gasteiger partial charge in [0.05, 0.1) is 11.5 Å². The summed E-state index contributed by atoms with van der Waals surface area (Å²) in [5, 5.41) is 15.2. The third-order valence-corrected chi connectivity index (χ3v) is 9.34. The van der Waals surface area contributed by atoms with Gasteiger partial charge in [-0.05, 0) is 59.4 Å². The van der Waals surface area contributed by atoms with Gasteiger partial charge in [-0.2, -0.15) is 4.72 Å². The lowest BCUT2D eigenvalue weighted by Gasteiger charge is -2.36. The number of sulfonamides is 1. The van der Waals surface area contributed by atoms with Crippen LogP contribution < -0.4 is 10.5 Å². The van der Waals surface area contributed by atoms with Crippen molar-refractivity contribution in [3.8, 4) is 0 Å². The summed E-state index contributed by atoms with van der Waals surface area (Å²) in [5.41, 5.74) is 9.37. The predicted octanol–water partition coefficient (Wildman–Crippen LogP) is 4.62. The molecule has 2 aromatic rings. The van der Waals surface area contributed by atoms with Crippen molar-refractivity contribution in [2.45, 2.75) is 90.5 Å². The van der Waals surface area contributed by atoms with Crippen LogP contribution in [0.25, 0.3) is 0 Å². The number of hydrogen-bond acceptors (Lipinski definition) is 7. The van der Waals surface area contributed by atoms with E-state index in [-0.39, 0.29) is 73.6 Å². The fourth-order valence-electron chi connectivity index (χ4n) is 5.27. The fourth-order valence-corrected chi connectivity index (χ4v) is 7.16. The highest BCUT2D eigenvalue weighted by atomic mass is 32.2. The molecule has 1 atom stereocenters. The normalized spacial score (nSPS) is 14.1. The van der Waals surface area contributed by atoms with Crippen molar-refractivity contribution in [1.82, 2.24) is 14.5 Å². The Balaban J connectivity index is 0.00000181. The Hall–Kier alpha value is -3.97. The molecule has 5 N–H and O–H groups in total. The number of amides is 2. The molecule has 0 bridgehead atoms. The second-order valence-electron chi connectivity index (χ2n) is 12.5. The van der Waals surface area contributed by atoms with Gasteiger partial charge in [-0.3, -0.25) is 15.0 Å². The Labute approximate surface area is 279 Å². The average Bonchev–Trinajstić information content (AvgIpc) is 2.99. The van der Waals surface area contributed by atoms with Crippen molar-refractivity contribution in [2.24, 2.45) is 5.73 Å². The topological polar surface area (TPSA) is 183 Å². The van der Waals surface area contributed by atoms with E-state index in [0.717, 1.165) is 23.6 Å². The number of rotatable bonds is 11. The third-order valence-electron chi connectivity index (χ3n) is 7.74. The molecule has 0 unspecified atom stereocenters. The van der Waals surface area contributed by atoms with E-state index in [1.54, 1.807) is 41.0 Å². The summed E-state index contributed by atoms with van der Waals surface area (Å²) in [4.78, 5) is 38.6.